The molecule has 7 aromatic rings. The molecular weight excluding hydrogens is 386 g/mol. The first-order valence-electron chi connectivity index (χ1n) is 10.0. The van der Waals surface area contributed by atoms with Crippen molar-refractivity contribution >= 4 is 60.2 Å². The number of nitrogens with two attached hydrogens (primary N) is 1. The van der Waals surface area contributed by atoms with Crippen molar-refractivity contribution in [2.24, 2.45) is 0 Å². The van der Waals surface area contributed by atoms with Crippen LogP contribution in [0.3, 0.4) is 0 Å². The van der Waals surface area contributed by atoms with Crippen LogP contribution in [0.25, 0.3) is 65.6 Å². The maximum Gasteiger partial charge on any atom is 0.278 e. The van der Waals surface area contributed by atoms with E-state index in [2.05, 4.69) is 80.6 Å². The number of aromatic amines is 2. The molecule has 5 aromatic carbocycles. The molecule has 0 aliphatic heterocycles. The van der Waals surface area contributed by atoms with Gasteiger partial charge >= 0.3 is 0 Å². The number of imidazole rings is 1. The van der Waals surface area contributed by atoms with E-state index >= 15 is 0 Å². The molecule has 0 aliphatic carbocycles. The SMILES string of the molecule is Nc1nc2nc(-c3c4ccccc4c4ccc5cccc6ccc3c4c65)[nH]c2c(=O)[nH]1. The molecule has 4 N–H and O–H groups in total. The average molecular weight is 401 g/mol. The van der Waals surface area contributed by atoms with Crippen LogP contribution in [0.2, 0.25) is 0 Å². The molecule has 0 saturated carbocycles. The smallest absolute Gasteiger partial charge is 0.278 e. The van der Waals surface area contributed by atoms with Crippen LogP contribution in [-0.4, -0.2) is 19.9 Å². The van der Waals surface area contributed by atoms with Gasteiger partial charge in [-0.05, 0) is 43.1 Å². The fourth-order valence-electron chi connectivity index (χ4n) is 4.89. The number of benzene rings is 5. The minimum atomic E-state index is -0.330. The summed E-state index contributed by atoms with van der Waals surface area (Å²) in [6, 6.07) is 23.3. The Balaban J connectivity index is 1.75. The summed E-state index contributed by atoms with van der Waals surface area (Å²) in [6.45, 7) is 0. The largest absolute Gasteiger partial charge is 0.369 e. The van der Waals surface area contributed by atoms with E-state index in [4.69, 9.17) is 5.73 Å². The number of H-pyrrole nitrogens is 2. The van der Waals surface area contributed by atoms with Crippen molar-refractivity contribution in [2.45, 2.75) is 0 Å². The maximum atomic E-state index is 12.4. The van der Waals surface area contributed by atoms with Crippen molar-refractivity contribution in [1.82, 2.24) is 19.9 Å². The summed E-state index contributed by atoms with van der Waals surface area (Å²) in [7, 11) is 0. The van der Waals surface area contributed by atoms with E-state index in [-0.39, 0.29) is 11.5 Å². The van der Waals surface area contributed by atoms with Crippen molar-refractivity contribution in [3.05, 3.63) is 77.1 Å². The number of hydrogen-bond acceptors (Lipinski definition) is 4. The van der Waals surface area contributed by atoms with Gasteiger partial charge in [-0.2, -0.15) is 4.98 Å². The first kappa shape index (κ1) is 16.4. The predicted octanol–water partition coefficient (Wildman–Crippen LogP) is 4.95. The highest BCUT2D eigenvalue weighted by Gasteiger charge is 2.19. The molecule has 7 rings (SSSR count). The second kappa shape index (κ2) is 5.58. The highest BCUT2D eigenvalue weighted by atomic mass is 16.1. The molecule has 2 aromatic heterocycles. The first-order valence-corrected chi connectivity index (χ1v) is 10.0. The third-order valence-corrected chi connectivity index (χ3v) is 6.15. The molecular formula is C25H15N5O. The van der Waals surface area contributed by atoms with Crippen molar-refractivity contribution in [2.75, 3.05) is 5.73 Å². The molecule has 6 nitrogen and oxygen atoms in total. The Bertz CT molecular complexity index is 1860. The van der Waals surface area contributed by atoms with Crippen LogP contribution in [0.1, 0.15) is 0 Å². The zero-order valence-electron chi connectivity index (χ0n) is 16.2. The van der Waals surface area contributed by atoms with E-state index in [0.717, 1.165) is 21.7 Å². The molecule has 31 heavy (non-hydrogen) atoms. The number of aromatic nitrogens is 4. The van der Waals surface area contributed by atoms with Gasteiger partial charge in [0.05, 0.1) is 0 Å². The molecule has 0 amide bonds. The molecule has 0 saturated heterocycles. The summed E-state index contributed by atoms with van der Waals surface area (Å²) in [6.07, 6.45) is 0. The van der Waals surface area contributed by atoms with E-state index in [1.165, 1.54) is 26.9 Å². The van der Waals surface area contributed by atoms with Gasteiger partial charge in [-0.25, -0.2) is 4.98 Å². The molecule has 0 bridgehead atoms. The number of hydrogen-bond donors (Lipinski definition) is 3. The van der Waals surface area contributed by atoms with Gasteiger partial charge < -0.3 is 10.7 Å². The van der Waals surface area contributed by atoms with E-state index in [1.807, 2.05) is 6.07 Å². The van der Waals surface area contributed by atoms with Crippen LogP contribution in [-0.2, 0) is 0 Å². The predicted molar refractivity (Wildman–Crippen MR) is 126 cm³/mol. The van der Waals surface area contributed by atoms with Crippen molar-refractivity contribution in [3.8, 4) is 11.4 Å². The van der Waals surface area contributed by atoms with Crippen LogP contribution in [0.15, 0.2) is 71.5 Å². The van der Waals surface area contributed by atoms with Crippen molar-refractivity contribution in [1.29, 1.82) is 0 Å². The van der Waals surface area contributed by atoms with Crippen LogP contribution < -0.4 is 11.3 Å². The molecule has 2 heterocycles. The van der Waals surface area contributed by atoms with Gasteiger partial charge in [-0.15, -0.1) is 0 Å². The van der Waals surface area contributed by atoms with Crippen LogP contribution in [0.4, 0.5) is 5.95 Å². The molecule has 6 heteroatoms. The zero-order valence-corrected chi connectivity index (χ0v) is 16.2. The lowest BCUT2D eigenvalue weighted by molar-refractivity contribution is 1.17. The Hall–Kier alpha value is -4.45. The molecule has 0 aliphatic rings. The summed E-state index contributed by atoms with van der Waals surface area (Å²) < 4.78 is 0. The minimum absolute atomic E-state index is 0.0517. The van der Waals surface area contributed by atoms with E-state index in [0.29, 0.717) is 17.0 Å². The number of nitrogen functional groups attached to an aromatic ring is 1. The lowest BCUT2D eigenvalue weighted by Crippen LogP contribution is -2.10. The van der Waals surface area contributed by atoms with E-state index in [1.54, 1.807) is 0 Å². The third-order valence-electron chi connectivity index (χ3n) is 6.15. The maximum absolute atomic E-state index is 12.4. The summed E-state index contributed by atoms with van der Waals surface area (Å²) in [5.74, 6) is 0.656. The third kappa shape index (κ3) is 2.08. The van der Waals surface area contributed by atoms with Crippen LogP contribution >= 0.6 is 0 Å². The fourth-order valence-corrected chi connectivity index (χ4v) is 4.89. The van der Waals surface area contributed by atoms with Gasteiger partial charge in [0.2, 0.25) is 5.95 Å². The number of nitrogens with zero attached hydrogens (tertiary/aromatic N) is 2. The lowest BCUT2D eigenvalue weighted by Gasteiger charge is -2.16. The standard InChI is InChI=1S/C25H15N5O/c26-25-29-23-21(24(31)30-25)27-22(28-23)20-15-7-2-1-6-14(15)16-10-8-12-4-3-5-13-9-11-17(20)19(16)18(12)13/h1-11H,(H4,26,27,28,29,30,31). The highest BCUT2D eigenvalue weighted by Crippen LogP contribution is 2.43. The van der Waals surface area contributed by atoms with Crippen molar-refractivity contribution < 1.29 is 0 Å². The van der Waals surface area contributed by atoms with Gasteiger partial charge in [0.1, 0.15) is 5.82 Å². The van der Waals surface area contributed by atoms with Crippen LogP contribution in [0, 0.1) is 0 Å². The number of nitrogens with one attached hydrogen (secondary N) is 2. The molecule has 0 fully saturated rings. The Morgan fingerprint density at radius 2 is 1.42 bits per heavy atom. The van der Waals surface area contributed by atoms with Gasteiger partial charge in [0.15, 0.2) is 11.2 Å². The number of fused-ring (bicyclic) bond motifs is 3. The second-order valence-corrected chi connectivity index (χ2v) is 7.84. The molecule has 0 atom stereocenters. The van der Waals surface area contributed by atoms with Gasteiger partial charge in [-0.3, -0.25) is 9.78 Å². The summed E-state index contributed by atoms with van der Waals surface area (Å²) in [5.41, 5.74) is 6.99. The molecule has 146 valence electrons. The molecule has 0 radical (unpaired) electrons. The lowest BCUT2D eigenvalue weighted by atomic mass is 9.87. The van der Waals surface area contributed by atoms with Gasteiger partial charge in [0.25, 0.3) is 5.56 Å². The monoisotopic (exact) mass is 401 g/mol. The summed E-state index contributed by atoms with van der Waals surface area (Å²) in [4.78, 5) is 27.0. The van der Waals surface area contributed by atoms with Crippen LogP contribution in [0.5, 0.6) is 0 Å². The second-order valence-electron chi connectivity index (χ2n) is 7.84. The summed E-state index contributed by atoms with van der Waals surface area (Å²) >= 11 is 0. The fraction of sp³-hybridized carbons (Fsp3) is 0. The zero-order chi connectivity index (χ0) is 20.7. The Morgan fingerprint density at radius 1 is 0.677 bits per heavy atom. The molecule has 0 spiro atoms. The first-order chi connectivity index (χ1) is 15.2. The normalized spacial score (nSPS) is 12.1. The van der Waals surface area contributed by atoms with Crippen molar-refractivity contribution in [3.63, 3.8) is 0 Å². The van der Waals surface area contributed by atoms with Gasteiger partial charge in [0, 0.05) is 5.56 Å². The highest BCUT2D eigenvalue weighted by molar-refractivity contribution is 6.33. The van der Waals surface area contributed by atoms with E-state index < -0.39 is 0 Å². The summed E-state index contributed by atoms with van der Waals surface area (Å²) in [5, 5.41) is 9.34. The topological polar surface area (TPSA) is 100 Å². The number of anilines is 1. The Morgan fingerprint density at radius 3 is 2.23 bits per heavy atom. The Labute approximate surface area is 174 Å². The van der Waals surface area contributed by atoms with E-state index in [9.17, 15) is 4.79 Å². The Kier molecular flexibility index (Phi) is 2.94. The molecule has 0 unspecified atom stereocenters. The number of rotatable bonds is 1. The average Bonchev–Trinajstić information content (AvgIpc) is 3.21. The minimum Gasteiger partial charge on any atom is -0.369 e. The quantitative estimate of drug-likeness (QED) is 0.268. The van der Waals surface area contributed by atoms with Gasteiger partial charge in [-0.1, -0.05) is 66.7 Å².